The van der Waals surface area contributed by atoms with Crippen LogP contribution in [0.25, 0.3) is 0 Å². The van der Waals surface area contributed by atoms with E-state index < -0.39 is 0 Å². The van der Waals surface area contributed by atoms with Crippen LogP contribution in [0.4, 0.5) is 5.69 Å². The number of thioether (sulfide) groups is 1. The fraction of sp³-hybridized carbons (Fsp3) is 0.348. The summed E-state index contributed by atoms with van der Waals surface area (Å²) in [6.45, 7) is 5.22. The number of nitrogens with zero attached hydrogens (tertiary/aromatic N) is 3. The average molecular weight is 425 g/mol. The molecule has 0 aliphatic rings. The third-order valence-corrected chi connectivity index (χ3v) is 5.84. The number of para-hydroxylation sites is 1. The molecule has 2 aromatic carbocycles. The van der Waals surface area contributed by atoms with Gasteiger partial charge in [0.05, 0.1) is 12.4 Å². The Hall–Kier alpha value is -2.64. The Balaban J connectivity index is 1.64. The summed E-state index contributed by atoms with van der Waals surface area (Å²) >= 11 is 1.40. The number of hydrogen-bond acceptors (Lipinski definition) is 5. The van der Waals surface area contributed by atoms with Crippen molar-refractivity contribution >= 4 is 23.4 Å². The molecule has 3 rings (SSSR count). The van der Waals surface area contributed by atoms with Crippen LogP contribution in [0.3, 0.4) is 0 Å². The van der Waals surface area contributed by atoms with E-state index in [0.29, 0.717) is 13.2 Å². The van der Waals surface area contributed by atoms with E-state index in [4.69, 9.17) is 4.74 Å². The van der Waals surface area contributed by atoms with Crippen molar-refractivity contribution in [1.29, 1.82) is 0 Å². The Morgan fingerprint density at radius 3 is 2.47 bits per heavy atom. The first-order chi connectivity index (χ1) is 14.6. The van der Waals surface area contributed by atoms with Gasteiger partial charge in [-0.3, -0.25) is 4.79 Å². The highest BCUT2D eigenvalue weighted by molar-refractivity contribution is 7.99. The van der Waals surface area contributed by atoms with Gasteiger partial charge in [0.15, 0.2) is 5.16 Å². The van der Waals surface area contributed by atoms with Gasteiger partial charge in [-0.2, -0.15) is 0 Å². The van der Waals surface area contributed by atoms with Crippen molar-refractivity contribution in [2.24, 2.45) is 0 Å². The molecule has 0 spiro atoms. The summed E-state index contributed by atoms with van der Waals surface area (Å²) in [6.07, 6.45) is 1.68. The van der Waals surface area contributed by atoms with Crippen LogP contribution in [0.1, 0.15) is 22.5 Å². The molecule has 0 fully saturated rings. The van der Waals surface area contributed by atoms with Crippen LogP contribution in [0, 0.1) is 13.8 Å². The van der Waals surface area contributed by atoms with Gasteiger partial charge >= 0.3 is 0 Å². The number of ether oxygens (including phenoxy) is 1. The molecule has 3 aromatic rings. The summed E-state index contributed by atoms with van der Waals surface area (Å²) in [5.74, 6) is 1.13. The maximum absolute atomic E-state index is 12.5. The summed E-state index contributed by atoms with van der Waals surface area (Å²) in [5.41, 5.74) is 4.26. The van der Waals surface area contributed by atoms with Crippen molar-refractivity contribution in [1.82, 2.24) is 14.8 Å². The maximum Gasteiger partial charge on any atom is 0.234 e. The molecular weight excluding hydrogens is 396 g/mol. The Morgan fingerprint density at radius 2 is 1.77 bits per heavy atom. The van der Waals surface area contributed by atoms with E-state index in [1.54, 1.807) is 7.11 Å². The quantitative estimate of drug-likeness (QED) is 0.497. The van der Waals surface area contributed by atoms with Crippen molar-refractivity contribution in [3.05, 3.63) is 71.0 Å². The van der Waals surface area contributed by atoms with E-state index in [-0.39, 0.29) is 11.7 Å². The van der Waals surface area contributed by atoms with Crippen molar-refractivity contribution < 1.29 is 9.53 Å². The topological polar surface area (TPSA) is 69.0 Å². The zero-order valence-corrected chi connectivity index (χ0v) is 18.5. The lowest BCUT2D eigenvalue weighted by atomic mass is 10.1. The molecule has 0 unspecified atom stereocenters. The number of aryl methyl sites for hydroxylation is 4. The smallest absolute Gasteiger partial charge is 0.234 e. The van der Waals surface area contributed by atoms with Gasteiger partial charge in [-0.1, -0.05) is 60.3 Å². The predicted molar refractivity (Wildman–Crippen MR) is 121 cm³/mol. The standard InChI is InChI=1S/C23H28N4O2S/c1-17-8-7-9-18(2)22(17)24-21(28)16-30-23-26-25-20(27(23)14-15-29-3)13-12-19-10-5-4-6-11-19/h4-11H,12-16H2,1-3H3,(H,24,28). The van der Waals surface area contributed by atoms with E-state index in [0.717, 1.165) is 40.6 Å². The maximum atomic E-state index is 12.5. The fourth-order valence-corrected chi connectivity index (χ4v) is 4.02. The number of benzene rings is 2. The molecule has 1 heterocycles. The number of carbonyl (C=O) groups is 1. The Morgan fingerprint density at radius 1 is 1.03 bits per heavy atom. The molecule has 6 nitrogen and oxygen atoms in total. The molecule has 30 heavy (non-hydrogen) atoms. The molecule has 0 saturated heterocycles. The van der Waals surface area contributed by atoms with Gasteiger partial charge in [0.25, 0.3) is 0 Å². The fourth-order valence-electron chi connectivity index (χ4n) is 3.24. The van der Waals surface area contributed by atoms with Gasteiger partial charge < -0.3 is 14.6 Å². The van der Waals surface area contributed by atoms with Crippen LogP contribution < -0.4 is 5.32 Å². The highest BCUT2D eigenvalue weighted by Gasteiger charge is 2.15. The molecule has 1 N–H and O–H groups in total. The number of hydrogen-bond donors (Lipinski definition) is 1. The van der Waals surface area contributed by atoms with Gasteiger partial charge in [0.2, 0.25) is 5.91 Å². The van der Waals surface area contributed by atoms with Crippen molar-refractivity contribution in [2.75, 3.05) is 24.8 Å². The third kappa shape index (κ3) is 5.93. The van der Waals surface area contributed by atoms with E-state index in [9.17, 15) is 4.79 Å². The van der Waals surface area contributed by atoms with Crippen LogP contribution in [0.15, 0.2) is 53.7 Å². The van der Waals surface area contributed by atoms with E-state index in [1.807, 2.05) is 50.2 Å². The summed E-state index contributed by atoms with van der Waals surface area (Å²) in [4.78, 5) is 12.5. The normalized spacial score (nSPS) is 10.9. The molecular formula is C23H28N4O2S. The summed E-state index contributed by atoms with van der Waals surface area (Å²) in [5, 5.41) is 12.5. The number of methoxy groups -OCH3 is 1. The second kappa shape index (κ2) is 10.9. The Labute approximate surface area is 182 Å². The van der Waals surface area contributed by atoms with E-state index in [2.05, 4.69) is 32.2 Å². The zero-order valence-electron chi connectivity index (χ0n) is 17.7. The monoisotopic (exact) mass is 424 g/mol. The number of amides is 1. The van der Waals surface area contributed by atoms with Crippen LogP contribution in [-0.4, -0.2) is 40.1 Å². The zero-order chi connectivity index (χ0) is 21.3. The lowest BCUT2D eigenvalue weighted by Crippen LogP contribution is -2.17. The molecule has 0 atom stereocenters. The SMILES string of the molecule is COCCn1c(CCc2ccccc2)nnc1SCC(=O)Nc1c(C)cccc1C. The lowest BCUT2D eigenvalue weighted by molar-refractivity contribution is -0.113. The van der Waals surface area contributed by atoms with Crippen LogP contribution in [0.5, 0.6) is 0 Å². The molecule has 7 heteroatoms. The summed E-state index contributed by atoms with van der Waals surface area (Å²) < 4.78 is 7.31. The van der Waals surface area contributed by atoms with E-state index >= 15 is 0 Å². The average Bonchev–Trinajstić information content (AvgIpc) is 3.14. The third-order valence-electron chi connectivity index (χ3n) is 4.87. The van der Waals surface area contributed by atoms with Crippen molar-refractivity contribution in [2.45, 2.75) is 38.4 Å². The van der Waals surface area contributed by atoms with Gasteiger partial charge in [-0.15, -0.1) is 10.2 Å². The molecule has 0 aliphatic carbocycles. The minimum absolute atomic E-state index is 0.0514. The lowest BCUT2D eigenvalue weighted by Gasteiger charge is -2.12. The summed E-state index contributed by atoms with van der Waals surface area (Å²) in [6, 6.07) is 16.3. The highest BCUT2D eigenvalue weighted by atomic mass is 32.2. The number of aromatic nitrogens is 3. The van der Waals surface area contributed by atoms with Crippen molar-refractivity contribution in [3.8, 4) is 0 Å². The van der Waals surface area contributed by atoms with E-state index in [1.165, 1.54) is 17.3 Å². The molecule has 0 bridgehead atoms. The largest absolute Gasteiger partial charge is 0.383 e. The molecule has 158 valence electrons. The van der Waals surface area contributed by atoms with Crippen LogP contribution in [0.2, 0.25) is 0 Å². The molecule has 1 aromatic heterocycles. The first-order valence-corrected chi connectivity index (χ1v) is 11.0. The number of rotatable bonds is 10. The van der Waals surface area contributed by atoms with Crippen LogP contribution in [-0.2, 0) is 28.9 Å². The Kier molecular flexibility index (Phi) is 8.04. The second-order valence-corrected chi connectivity index (χ2v) is 8.07. The number of nitrogens with one attached hydrogen (secondary N) is 1. The van der Waals surface area contributed by atoms with Gasteiger partial charge in [-0.05, 0) is 37.0 Å². The first-order valence-electron chi connectivity index (χ1n) is 10.0. The number of anilines is 1. The molecule has 0 saturated carbocycles. The van der Waals surface area contributed by atoms with Gasteiger partial charge in [0, 0.05) is 25.8 Å². The highest BCUT2D eigenvalue weighted by Crippen LogP contribution is 2.22. The predicted octanol–water partition coefficient (Wildman–Crippen LogP) is 4.06. The van der Waals surface area contributed by atoms with Crippen LogP contribution >= 0.6 is 11.8 Å². The molecule has 1 amide bonds. The molecule has 0 aliphatic heterocycles. The minimum Gasteiger partial charge on any atom is -0.383 e. The van der Waals surface area contributed by atoms with Gasteiger partial charge in [0.1, 0.15) is 5.82 Å². The Bertz CT molecular complexity index is 952. The first kappa shape index (κ1) is 22.1. The number of carbonyl (C=O) groups excluding carboxylic acids is 1. The second-order valence-electron chi connectivity index (χ2n) is 7.13. The summed E-state index contributed by atoms with van der Waals surface area (Å²) in [7, 11) is 1.68. The van der Waals surface area contributed by atoms with Crippen molar-refractivity contribution in [3.63, 3.8) is 0 Å². The minimum atomic E-state index is -0.0514. The van der Waals surface area contributed by atoms with Gasteiger partial charge in [-0.25, -0.2) is 0 Å². The molecule has 0 radical (unpaired) electrons.